The lowest BCUT2D eigenvalue weighted by atomic mass is 10.0. The number of carbonyl (C=O) groups excluding carboxylic acids is 2. The molecule has 5 heteroatoms. The Morgan fingerprint density at radius 2 is 1.52 bits per heavy atom. The predicted octanol–water partition coefficient (Wildman–Crippen LogP) is 5.07. The molecule has 3 aromatic carbocycles. The highest BCUT2D eigenvalue weighted by Gasteiger charge is 2.42. The zero-order valence-corrected chi connectivity index (χ0v) is 16.9. The van der Waals surface area contributed by atoms with E-state index < -0.39 is 0 Å². The smallest absolute Gasteiger partial charge is 0.282 e. The fraction of sp³-hybridized carbons (Fsp3) is 0.0833. The molecule has 0 aromatic heterocycles. The fourth-order valence-corrected chi connectivity index (χ4v) is 3.62. The molecule has 0 saturated heterocycles. The van der Waals surface area contributed by atoms with E-state index in [1.54, 1.807) is 36.2 Å². The van der Waals surface area contributed by atoms with Gasteiger partial charge in [0.25, 0.3) is 11.8 Å². The molecule has 3 aromatic rings. The lowest BCUT2D eigenvalue weighted by Crippen LogP contribution is -2.34. The zero-order chi connectivity index (χ0) is 20.5. The molecule has 1 heterocycles. The second-order valence-corrected chi connectivity index (χ2v) is 7.35. The molecule has 0 saturated carbocycles. The van der Waals surface area contributed by atoms with Crippen LogP contribution in [0.1, 0.15) is 11.1 Å². The van der Waals surface area contributed by atoms with Gasteiger partial charge in [0.2, 0.25) is 0 Å². The predicted molar refractivity (Wildman–Crippen MR) is 117 cm³/mol. The maximum Gasteiger partial charge on any atom is 0.282 e. The number of amides is 2. The van der Waals surface area contributed by atoms with Crippen LogP contribution in [-0.4, -0.2) is 18.9 Å². The highest BCUT2D eigenvalue weighted by atomic mass is 35.5. The van der Waals surface area contributed by atoms with Crippen LogP contribution in [-0.2, 0) is 9.59 Å². The van der Waals surface area contributed by atoms with E-state index in [2.05, 4.69) is 0 Å². The Labute approximate surface area is 174 Å². The van der Waals surface area contributed by atoms with Crippen LogP contribution in [0.15, 0.2) is 84.6 Å². The molecule has 29 heavy (non-hydrogen) atoms. The van der Waals surface area contributed by atoms with E-state index in [1.807, 2.05) is 61.5 Å². The lowest BCUT2D eigenvalue weighted by Gasteiger charge is -2.21. The second kappa shape index (κ2) is 7.57. The lowest BCUT2D eigenvalue weighted by molar-refractivity contribution is -0.120. The van der Waals surface area contributed by atoms with Gasteiger partial charge in [0.15, 0.2) is 0 Å². The van der Waals surface area contributed by atoms with Crippen molar-refractivity contribution in [2.24, 2.45) is 0 Å². The number of para-hydroxylation sites is 1. The van der Waals surface area contributed by atoms with Crippen molar-refractivity contribution >= 4 is 40.4 Å². The number of aryl methyl sites for hydroxylation is 1. The van der Waals surface area contributed by atoms with Gasteiger partial charge in [-0.1, -0.05) is 65.7 Å². The summed E-state index contributed by atoms with van der Waals surface area (Å²) in [5.74, 6) is -0.738. The Hall–Kier alpha value is -3.37. The van der Waals surface area contributed by atoms with Gasteiger partial charge in [0, 0.05) is 17.8 Å². The van der Waals surface area contributed by atoms with Gasteiger partial charge >= 0.3 is 0 Å². The summed E-state index contributed by atoms with van der Waals surface area (Å²) in [4.78, 5) is 29.8. The van der Waals surface area contributed by atoms with Crippen molar-refractivity contribution in [2.75, 3.05) is 16.8 Å². The quantitative estimate of drug-likeness (QED) is 0.572. The van der Waals surface area contributed by atoms with Gasteiger partial charge in [-0.15, -0.1) is 0 Å². The number of likely N-dealkylation sites (N-methyl/N-ethyl adjacent to an activating group) is 1. The summed E-state index contributed by atoms with van der Waals surface area (Å²) in [5, 5.41) is 0.463. The first kappa shape index (κ1) is 19.0. The van der Waals surface area contributed by atoms with Gasteiger partial charge in [-0.3, -0.25) is 9.59 Å². The summed E-state index contributed by atoms with van der Waals surface area (Å²) < 4.78 is 0. The van der Waals surface area contributed by atoms with Gasteiger partial charge < -0.3 is 4.90 Å². The average molecular weight is 403 g/mol. The average Bonchev–Trinajstić information content (AvgIpc) is 2.99. The molecule has 2 amide bonds. The molecule has 144 valence electrons. The Morgan fingerprint density at radius 1 is 0.828 bits per heavy atom. The van der Waals surface area contributed by atoms with Gasteiger partial charge in [0.1, 0.15) is 5.70 Å². The van der Waals surface area contributed by atoms with E-state index >= 15 is 0 Å². The minimum Gasteiger partial charge on any atom is -0.339 e. The third-order valence-corrected chi connectivity index (χ3v) is 5.18. The van der Waals surface area contributed by atoms with E-state index in [0.29, 0.717) is 27.5 Å². The first-order chi connectivity index (χ1) is 14.0. The Bertz CT molecular complexity index is 1120. The van der Waals surface area contributed by atoms with Crippen LogP contribution in [0.3, 0.4) is 0 Å². The van der Waals surface area contributed by atoms with Gasteiger partial charge in [-0.25, -0.2) is 4.90 Å². The topological polar surface area (TPSA) is 40.6 Å². The van der Waals surface area contributed by atoms with Crippen molar-refractivity contribution in [3.05, 3.63) is 101 Å². The summed E-state index contributed by atoms with van der Waals surface area (Å²) in [5.41, 5.74) is 3.77. The van der Waals surface area contributed by atoms with Crippen LogP contribution in [0.4, 0.5) is 11.4 Å². The van der Waals surface area contributed by atoms with Crippen molar-refractivity contribution in [3.8, 4) is 0 Å². The molecule has 0 unspecified atom stereocenters. The second-order valence-electron chi connectivity index (χ2n) is 6.91. The number of rotatable bonds is 4. The zero-order valence-electron chi connectivity index (χ0n) is 16.1. The Balaban J connectivity index is 1.88. The Morgan fingerprint density at radius 3 is 2.17 bits per heavy atom. The third-order valence-electron chi connectivity index (χ3n) is 4.94. The van der Waals surface area contributed by atoms with Crippen molar-refractivity contribution in [2.45, 2.75) is 6.92 Å². The third kappa shape index (κ3) is 3.43. The maximum atomic E-state index is 13.5. The number of anilines is 2. The van der Waals surface area contributed by atoms with Gasteiger partial charge in [-0.2, -0.15) is 0 Å². The van der Waals surface area contributed by atoms with Crippen LogP contribution in [0.25, 0.3) is 5.57 Å². The van der Waals surface area contributed by atoms with E-state index in [-0.39, 0.29) is 11.8 Å². The first-order valence-corrected chi connectivity index (χ1v) is 9.59. The van der Waals surface area contributed by atoms with Crippen LogP contribution in [0.5, 0.6) is 0 Å². The van der Waals surface area contributed by atoms with Gasteiger partial charge in [-0.05, 0) is 42.8 Å². The molecule has 0 spiro atoms. The summed E-state index contributed by atoms with van der Waals surface area (Å²) in [6, 6.07) is 23.9. The molecule has 4 nitrogen and oxygen atoms in total. The number of halogens is 1. The first-order valence-electron chi connectivity index (χ1n) is 9.22. The van der Waals surface area contributed by atoms with Crippen molar-refractivity contribution in [1.82, 2.24) is 0 Å². The number of hydrogen-bond acceptors (Lipinski definition) is 3. The summed E-state index contributed by atoms with van der Waals surface area (Å²) >= 11 is 6.11. The number of carbonyl (C=O) groups is 2. The molecule has 1 aliphatic rings. The monoisotopic (exact) mass is 402 g/mol. The fourth-order valence-electron chi connectivity index (χ4n) is 3.44. The molecule has 0 bridgehead atoms. The largest absolute Gasteiger partial charge is 0.339 e. The van der Waals surface area contributed by atoms with E-state index in [9.17, 15) is 9.59 Å². The summed E-state index contributed by atoms with van der Waals surface area (Å²) in [6.07, 6.45) is 0. The van der Waals surface area contributed by atoms with E-state index in [1.165, 1.54) is 4.90 Å². The maximum absolute atomic E-state index is 13.5. The SMILES string of the molecule is Cc1ccc(C2=C(N(C)c3ccccc3)C(=O)N(c3cccc(Cl)c3)C2=O)cc1. The van der Waals surface area contributed by atoms with Crippen LogP contribution in [0.2, 0.25) is 5.02 Å². The molecule has 0 N–H and O–H groups in total. The van der Waals surface area contributed by atoms with Crippen LogP contribution in [0, 0.1) is 6.92 Å². The number of nitrogens with zero attached hydrogens (tertiary/aromatic N) is 2. The number of hydrogen-bond donors (Lipinski definition) is 0. The summed E-state index contributed by atoms with van der Waals surface area (Å²) in [6.45, 7) is 1.98. The summed E-state index contributed by atoms with van der Waals surface area (Å²) in [7, 11) is 1.80. The molecule has 0 radical (unpaired) electrons. The molecule has 4 rings (SSSR count). The Kier molecular flexibility index (Phi) is 4.95. The van der Waals surface area contributed by atoms with Gasteiger partial charge in [0.05, 0.1) is 11.3 Å². The van der Waals surface area contributed by atoms with E-state index in [0.717, 1.165) is 11.3 Å². The molecular weight excluding hydrogens is 384 g/mol. The van der Waals surface area contributed by atoms with Crippen molar-refractivity contribution in [3.63, 3.8) is 0 Å². The van der Waals surface area contributed by atoms with Crippen LogP contribution < -0.4 is 9.80 Å². The highest BCUT2D eigenvalue weighted by Crippen LogP contribution is 2.36. The minimum absolute atomic E-state index is 0.338. The van der Waals surface area contributed by atoms with E-state index in [4.69, 9.17) is 11.6 Å². The number of benzene rings is 3. The minimum atomic E-state index is -0.376. The standard InChI is InChI=1S/C24H19ClN2O2/c1-16-11-13-17(14-12-16)21-22(26(2)19-8-4-3-5-9-19)24(29)27(23(21)28)20-10-6-7-18(25)15-20/h3-15H,1-2H3. The molecule has 0 aliphatic carbocycles. The molecular formula is C24H19ClN2O2. The molecule has 0 fully saturated rings. The molecule has 0 atom stereocenters. The van der Waals surface area contributed by atoms with Crippen molar-refractivity contribution < 1.29 is 9.59 Å². The normalized spacial score (nSPS) is 14.0. The highest BCUT2D eigenvalue weighted by molar-refractivity contribution is 6.46. The molecule has 1 aliphatic heterocycles. The van der Waals surface area contributed by atoms with Crippen LogP contribution >= 0.6 is 11.6 Å². The number of imide groups is 1. The van der Waals surface area contributed by atoms with Crippen molar-refractivity contribution in [1.29, 1.82) is 0 Å².